The predicted octanol–water partition coefficient (Wildman–Crippen LogP) is 1.89. The Hall–Kier alpha value is -0.410. The molecule has 0 aliphatic heterocycles. The lowest BCUT2D eigenvalue weighted by atomic mass is 9.96. The molecular formula is C11H23NO2. The van der Waals surface area contributed by atoms with Gasteiger partial charge in [-0.3, -0.25) is 4.79 Å². The summed E-state index contributed by atoms with van der Waals surface area (Å²) in [6.45, 7) is 11.3. The fourth-order valence-corrected chi connectivity index (χ4v) is 1.17. The van der Waals surface area contributed by atoms with Crippen molar-refractivity contribution in [3.63, 3.8) is 0 Å². The van der Waals surface area contributed by atoms with Crippen LogP contribution >= 0.6 is 0 Å². The number of carbonyl (C=O) groups excluding carboxylic acids is 1. The van der Waals surface area contributed by atoms with Crippen molar-refractivity contribution in [2.24, 2.45) is 5.73 Å². The van der Waals surface area contributed by atoms with Gasteiger partial charge in [0.05, 0.1) is 17.2 Å². The van der Waals surface area contributed by atoms with E-state index in [0.29, 0.717) is 6.42 Å². The average Bonchev–Trinajstić information content (AvgIpc) is 1.79. The van der Waals surface area contributed by atoms with E-state index in [0.717, 1.165) is 0 Å². The van der Waals surface area contributed by atoms with Gasteiger partial charge in [-0.05, 0) is 41.5 Å². The minimum absolute atomic E-state index is 0.0363. The lowest BCUT2D eigenvalue weighted by molar-refractivity contribution is -0.128. The molecule has 0 spiro atoms. The van der Waals surface area contributed by atoms with E-state index >= 15 is 0 Å². The normalized spacial score (nSPS) is 15.4. The molecule has 84 valence electrons. The van der Waals surface area contributed by atoms with Gasteiger partial charge in [-0.1, -0.05) is 0 Å². The summed E-state index contributed by atoms with van der Waals surface area (Å²) in [5.41, 5.74) is 4.72. The summed E-state index contributed by atoms with van der Waals surface area (Å²) in [7, 11) is 0. The van der Waals surface area contributed by atoms with Crippen molar-refractivity contribution < 1.29 is 9.53 Å². The third-order valence-corrected chi connectivity index (χ3v) is 1.75. The van der Waals surface area contributed by atoms with Gasteiger partial charge in [-0.15, -0.1) is 0 Å². The number of Topliss-reactive ketones (excluding diaryl/α,β-unsaturated/α-hetero) is 1. The van der Waals surface area contributed by atoms with Gasteiger partial charge in [0.1, 0.15) is 0 Å². The van der Waals surface area contributed by atoms with Crippen molar-refractivity contribution in [3.05, 3.63) is 0 Å². The second kappa shape index (κ2) is 4.41. The average molecular weight is 201 g/mol. The second-order valence-electron chi connectivity index (χ2n) is 5.39. The molecule has 3 nitrogen and oxygen atoms in total. The Morgan fingerprint density at radius 3 is 2.00 bits per heavy atom. The molecule has 0 rings (SSSR count). The Kier molecular flexibility index (Phi) is 4.28. The molecular weight excluding hydrogens is 178 g/mol. The lowest BCUT2D eigenvalue weighted by Gasteiger charge is -2.26. The molecule has 0 aromatic carbocycles. The number of nitrogens with two attached hydrogens (primary N) is 1. The summed E-state index contributed by atoms with van der Waals surface area (Å²) in [6.07, 6.45) is 0.297. The fourth-order valence-electron chi connectivity index (χ4n) is 1.17. The molecule has 0 aromatic heterocycles. The first-order valence-electron chi connectivity index (χ1n) is 5.02. The van der Waals surface area contributed by atoms with E-state index < -0.39 is 5.54 Å². The van der Waals surface area contributed by atoms with Gasteiger partial charge in [-0.25, -0.2) is 0 Å². The predicted molar refractivity (Wildman–Crippen MR) is 58.2 cm³/mol. The van der Waals surface area contributed by atoms with Gasteiger partial charge in [0.15, 0.2) is 5.78 Å². The van der Waals surface area contributed by atoms with Crippen LogP contribution in [0.4, 0.5) is 0 Å². The molecule has 1 unspecified atom stereocenters. The number of ether oxygens (including phenoxy) is 1. The molecule has 14 heavy (non-hydrogen) atoms. The lowest BCUT2D eigenvalue weighted by Crippen LogP contribution is -2.43. The summed E-state index contributed by atoms with van der Waals surface area (Å²) < 4.78 is 5.63. The van der Waals surface area contributed by atoms with E-state index in [4.69, 9.17) is 10.5 Å². The zero-order valence-electron chi connectivity index (χ0n) is 10.2. The smallest absolute Gasteiger partial charge is 0.154 e. The van der Waals surface area contributed by atoms with E-state index in [2.05, 4.69) is 0 Å². The number of hydrogen-bond acceptors (Lipinski definition) is 3. The Labute approximate surface area is 87.0 Å². The van der Waals surface area contributed by atoms with Crippen molar-refractivity contribution >= 4 is 5.78 Å². The maximum atomic E-state index is 11.6. The molecule has 1 atom stereocenters. The standard InChI is InChI=1S/C11H23NO2/c1-8(14-10(2,3)4)7-9(13)11(5,6)12/h8H,7,12H2,1-6H3. The number of ketones is 1. The Morgan fingerprint density at radius 1 is 1.29 bits per heavy atom. The first kappa shape index (κ1) is 13.6. The minimum atomic E-state index is -0.754. The van der Waals surface area contributed by atoms with Gasteiger partial charge in [0.25, 0.3) is 0 Å². The van der Waals surface area contributed by atoms with Crippen LogP contribution in [-0.2, 0) is 9.53 Å². The third-order valence-electron chi connectivity index (χ3n) is 1.75. The molecule has 0 saturated carbocycles. The topological polar surface area (TPSA) is 52.3 Å². The molecule has 0 aliphatic carbocycles. The molecule has 0 heterocycles. The summed E-state index contributed by atoms with van der Waals surface area (Å²) in [4.78, 5) is 11.6. The van der Waals surface area contributed by atoms with Crippen molar-refractivity contribution in [2.75, 3.05) is 0 Å². The van der Waals surface area contributed by atoms with Crippen LogP contribution in [-0.4, -0.2) is 23.0 Å². The molecule has 0 saturated heterocycles. The molecule has 0 aliphatic rings. The monoisotopic (exact) mass is 201 g/mol. The molecule has 3 heteroatoms. The quantitative estimate of drug-likeness (QED) is 0.755. The van der Waals surface area contributed by atoms with Crippen LogP contribution in [0.3, 0.4) is 0 Å². The number of carbonyl (C=O) groups is 1. The van der Waals surface area contributed by atoms with Crippen LogP contribution in [0, 0.1) is 0 Å². The van der Waals surface area contributed by atoms with Crippen molar-refractivity contribution in [1.82, 2.24) is 0 Å². The van der Waals surface area contributed by atoms with E-state index in [1.807, 2.05) is 27.7 Å². The van der Waals surface area contributed by atoms with Crippen LogP contribution in [0.15, 0.2) is 0 Å². The van der Waals surface area contributed by atoms with Crippen LogP contribution < -0.4 is 5.73 Å². The SMILES string of the molecule is CC(CC(=O)C(C)(C)N)OC(C)(C)C. The highest BCUT2D eigenvalue weighted by atomic mass is 16.5. The zero-order chi connectivity index (χ0) is 11.6. The van der Waals surface area contributed by atoms with E-state index in [-0.39, 0.29) is 17.5 Å². The first-order valence-corrected chi connectivity index (χ1v) is 5.02. The molecule has 0 aromatic rings. The van der Waals surface area contributed by atoms with E-state index in [1.165, 1.54) is 0 Å². The number of hydrogen-bond donors (Lipinski definition) is 1. The second-order valence-corrected chi connectivity index (χ2v) is 5.39. The molecule has 0 radical (unpaired) electrons. The van der Waals surface area contributed by atoms with Crippen LogP contribution in [0.2, 0.25) is 0 Å². The highest BCUT2D eigenvalue weighted by Crippen LogP contribution is 2.15. The van der Waals surface area contributed by atoms with Gasteiger partial charge < -0.3 is 10.5 Å². The van der Waals surface area contributed by atoms with Crippen molar-refractivity contribution in [2.45, 2.75) is 65.2 Å². The molecule has 0 bridgehead atoms. The van der Waals surface area contributed by atoms with Gasteiger partial charge in [-0.2, -0.15) is 0 Å². The van der Waals surface area contributed by atoms with Crippen molar-refractivity contribution in [1.29, 1.82) is 0 Å². The molecule has 0 amide bonds. The Bertz CT molecular complexity index is 198. The van der Waals surface area contributed by atoms with E-state index in [1.54, 1.807) is 13.8 Å². The van der Waals surface area contributed by atoms with Crippen molar-refractivity contribution in [3.8, 4) is 0 Å². The minimum Gasteiger partial charge on any atom is -0.372 e. The number of rotatable bonds is 4. The Morgan fingerprint density at radius 2 is 1.71 bits per heavy atom. The maximum Gasteiger partial charge on any atom is 0.154 e. The van der Waals surface area contributed by atoms with Crippen LogP contribution in [0.25, 0.3) is 0 Å². The van der Waals surface area contributed by atoms with Crippen LogP contribution in [0.1, 0.15) is 48.0 Å². The highest BCUT2D eigenvalue weighted by Gasteiger charge is 2.25. The fraction of sp³-hybridized carbons (Fsp3) is 0.909. The highest BCUT2D eigenvalue weighted by molar-refractivity contribution is 5.87. The summed E-state index contributed by atoms with van der Waals surface area (Å²) in [6, 6.07) is 0. The molecule has 0 fully saturated rings. The maximum absolute atomic E-state index is 11.6. The summed E-state index contributed by atoms with van der Waals surface area (Å²) in [5, 5.41) is 0. The first-order chi connectivity index (χ1) is 6.02. The van der Waals surface area contributed by atoms with Gasteiger partial charge in [0.2, 0.25) is 0 Å². The van der Waals surface area contributed by atoms with Gasteiger partial charge in [0, 0.05) is 6.42 Å². The largest absolute Gasteiger partial charge is 0.372 e. The van der Waals surface area contributed by atoms with Gasteiger partial charge >= 0.3 is 0 Å². The van der Waals surface area contributed by atoms with E-state index in [9.17, 15) is 4.79 Å². The third kappa shape index (κ3) is 6.11. The zero-order valence-corrected chi connectivity index (χ0v) is 10.2. The molecule has 2 N–H and O–H groups in total. The van der Waals surface area contributed by atoms with Crippen LogP contribution in [0.5, 0.6) is 0 Å². The Balaban J connectivity index is 4.09. The summed E-state index contributed by atoms with van der Waals surface area (Å²) >= 11 is 0. The summed E-state index contributed by atoms with van der Waals surface area (Å²) in [5.74, 6) is 0.0363.